The summed E-state index contributed by atoms with van der Waals surface area (Å²) in [6.45, 7) is 3.73. The zero-order chi connectivity index (χ0) is 24.5. The number of fused-ring (bicyclic) bond motifs is 1. The Bertz CT molecular complexity index is 1320. The molecule has 8 heteroatoms. The fourth-order valence-corrected chi connectivity index (χ4v) is 5.16. The lowest BCUT2D eigenvalue weighted by atomic mass is 9.89. The first-order valence-corrected chi connectivity index (χ1v) is 12.6. The number of anilines is 2. The van der Waals surface area contributed by atoms with Crippen LogP contribution < -0.4 is 14.8 Å². The number of ketones is 1. The molecule has 0 fully saturated rings. The molecule has 0 amide bonds. The van der Waals surface area contributed by atoms with Crippen molar-refractivity contribution in [2.45, 2.75) is 37.3 Å². The van der Waals surface area contributed by atoms with E-state index in [1.807, 2.05) is 32.0 Å². The second-order valence-electron chi connectivity index (χ2n) is 8.68. The van der Waals surface area contributed by atoms with Gasteiger partial charge in [0.25, 0.3) is 10.0 Å². The van der Waals surface area contributed by atoms with Crippen LogP contribution in [-0.2, 0) is 10.0 Å². The van der Waals surface area contributed by atoms with Crippen molar-refractivity contribution in [1.82, 2.24) is 0 Å². The molecule has 3 aromatic rings. The maximum Gasteiger partial charge on any atom is 0.261 e. The summed E-state index contributed by atoms with van der Waals surface area (Å²) in [5.74, 6) is 0.499. The van der Waals surface area contributed by atoms with Crippen LogP contribution in [0.4, 0.5) is 11.4 Å². The molecule has 178 valence electrons. The number of aliphatic hydroxyl groups is 1. The maximum atomic E-state index is 12.9. The van der Waals surface area contributed by atoms with Crippen molar-refractivity contribution in [3.63, 3.8) is 0 Å². The zero-order valence-electron chi connectivity index (χ0n) is 19.3. The van der Waals surface area contributed by atoms with E-state index in [0.717, 1.165) is 5.56 Å². The standard InChI is InChI=1S/C26H28N2O5S/c1-16(2)26(30)18-7-4-6-17(12-18)24-15-25(29)22-14-21(10-11-23(22)27-24)34(31,32)28-19-8-5-9-20(13-19)33-3/h4-14,16,24-25,27-29H,15H2,1-3H3/t24?,25-/m0/s1. The molecule has 3 aromatic carbocycles. The van der Waals surface area contributed by atoms with E-state index < -0.39 is 16.1 Å². The van der Waals surface area contributed by atoms with Crippen LogP contribution in [0.5, 0.6) is 5.75 Å². The molecule has 1 aliphatic rings. The Hall–Kier alpha value is -3.36. The van der Waals surface area contributed by atoms with Gasteiger partial charge in [-0.2, -0.15) is 0 Å². The summed E-state index contributed by atoms with van der Waals surface area (Å²) in [6, 6.07) is 18.5. The SMILES string of the molecule is COc1cccc(NS(=O)(=O)c2ccc3c(c2)[C@@H](O)CC(c2cccc(C(=O)C(C)C)c2)N3)c1. The summed E-state index contributed by atoms with van der Waals surface area (Å²) in [7, 11) is -2.36. The Morgan fingerprint density at radius 3 is 2.59 bits per heavy atom. The van der Waals surface area contributed by atoms with Crippen molar-refractivity contribution < 1.29 is 23.1 Å². The van der Waals surface area contributed by atoms with Gasteiger partial charge in [0, 0.05) is 35.2 Å². The highest BCUT2D eigenvalue weighted by Gasteiger charge is 2.28. The summed E-state index contributed by atoms with van der Waals surface area (Å²) in [5.41, 5.74) is 3.09. The molecule has 0 bridgehead atoms. The second-order valence-corrected chi connectivity index (χ2v) is 10.4. The van der Waals surface area contributed by atoms with Crippen LogP contribution in [0.3, 0.4) is 0 Å². The molecular weight excluding hydrogens is 452 g/mol. The highest BCUT2D eigenvalue weighted by Crippen LogP contribution is 2.40. The molecule has 0 saturated carbocycles. The Morgan fingerprint density at radius 1 is 1.09 bits per heavy atom. The van der Waals surface area contributed by atoms with Gasteiger partial charge in [-0.15, -0.1) is 0 Å². The summed E-state index contributed by atoms with van der Waals surface area (Å²) in [6.07, 6.45) is -0.517. The number of nitrogens with one attached hydrogen (secondary N) is 2. The molecule has 4 rings (SSSR count). The largest absolute Gasteiger partial charge is 0.497 e. The van der Waals surface area contributed by atoms with E-state index in [1.54, 1.807) is 36.4 Å². The van der Waals surface area contributed by atoms with Crippen molar-refractivity contribution in [2.75, 3.05) is 17.1 Å². The number of aliphatic hydroxyl groups excluding tert-OH is 1. The van der Waals surface area contributed by atoms with E-state index in [2.05, 4.69) is 10.0 Å². The van der Waals surface area contributed by atoms with Crippen molar-refractivity contribution in [3.8, 4) is 5.75 Å². The number of ether oxygens (including phenoxy) is 1. The van der Waals surface area contributed by atoms with Gasteiger partial charge in [0.05, 0.1) is 29.8 Å². The fraction of sp³-hybridized carbons (Fsp3) is 0.269. The minimum Gasteiger partial charge on any atom is -0.497 e. The average Bonchev–Trinajstić information content (AvgIpc) is 2.83. The molecule has 0 radical (unpaired) electrons. The van der Waals surface area contributed by atoms with Crippen LogP contribution >= 0.6 is 0 Å². The summed E-state index contributed by atoms with van der Waals surface area (Å²) >= 11 is 0. The van der Waals surface area contributed by atoms with Gasteiger partial charge in [-0.05, 0) is 42.0 Å². The van der Waals surface area contributed by atoms with E-state index >= 15 is 0 Å². The average molecular weight is 481 g/mol. The molecule has 0 aliphatic carbocycles. The first kappa shape index (κ1) is 23.8. The smallest absolute Gasteiger partial charge is 0.261 e. The van der Waals surface area contributed by atoms with Gasteiger partial charge in [-0.1, -0.05) is 38.1 Å². The maximum absolute atomic E-state index is 12.9. The molecule has 0 spiro atoms. The Kier molecular flexibility index (Phi) is 6.63. The first-order valence-electron chi connectivity index (χ1n) is 11.1. The number of carbonyl (C=O) groups is 1. The molecule has 1 unspecified atom stereocenters. The number of hydrogen-bond acceptors (Lipinski definition) is 6. The zero-order valence-corrected chi connectivity index (χ0v) is 20.1. The number of methoxy groups -OCH3 is 1. The van der Waals surface area contributed by atoms with Gasteiger partial charge >= 0.3 is 0 Å². The van der Waals surface area contributed by atoms with Crippen LogP contribution in [0.25, 0.3) is 0 Å². The lowest BCUT2D eigenvalue weighted by Crippen LogP contribution is -2.23. The van der Waals surface area contributed by atoms with Gasteiger partial charge in [0.15, 0.2) is 5.78 Å². The minimum absolute atomic E-state index is 0.0536. The number of benzene rings is 3. The molecular formula is C26H28N2O5S. The number of Topliss-reactive ketones (excluding diaryl/α,β-unsaturated/α-hetero) is 1. The second kappa shape index (κ2) is 9.48. The van der Waals surface area contributed by atoms with Gasteiger partial charge in [-0.25, -0.2) is 8.42 Å². The number of carbonyl (C=O) groups excluding carboxylic acids is 1. The Morgan fingerprint density at radius 2 is 1.85 bits per heavy atom. The topological polar surface area (TPSA) is 105 Å². The third-order valence-electron chi connectivity index (χ3n) is 5.90. The highest BCUT2D eigenvalue weighted by molar-refractivity contribution is 7.92. The Balaban J connectivity index is 1.58. The number of sulfonamides is 1. The van der Waals surface area contributed by atoms with Gasteiger partial charge < -0.3 is 15.2 Å². The van der Waals surface area contributed by atoms with E-state index in [4.69, 9.17) is 4.74 Å². The molecule has 2 atom stereocenters. The molecule has 0 aromatic heterocycles. The van der Waals surface area contributed by atoms with Crippen LogP contribution in [0.2, 0.25) is 0 Å². The van der Waals surface area contributed by atoms with Gasteiger partial charge in [0.1, 0.15) is 5.75 Å². The van der Waals surface area contributed by atoms with Crippen LogP contribution in [0, 0.1) is 5.92 Å². The van der Waals surface area contributed by atoms with E-state index in [9.17, 15) is 18.3 Å². The quantitative estimate of drug-likeness (QED) is 0.415. The third-order valence-corrected chi connectivity index (χ3v) is 7.28. The van der Waals surface area contributed by atoms with E-state index in [0.29, 0.717) is 34.7 Å². The third kappa shape index (κ3) is 4.93. The number of hydrogen-bond donors (Lipinski definition) is 3. The molecule has 1 heterocycles. The summed E-state index contributed by atoms with van der Waals surface area (Å²) in [4.78, 5) is 12.5. The predicted octanol–water partition coefficient (Wildman–Crippen LogP) is 4.93. The van der Waals surface area contributed by atoms with Crippen molar-refractivity contribution in [1.29, 1.82) is 0 Å². The van der Waals surface area contributed by atoms with E-state index in [-0.39, 0.29) is 22.6 Å². The molecule has 3 N–H and O–H groups in total. The number of rotatable bonds is 7. The predicted molar refractivity (Wildman–Crippen MR) is 132 cm³/mol. The van der Waals surface area contributed by atoms with Crippen molar-refractivity contribution in [2.24, 2.45) is 5.92 Å². The van der Waals surface area contributed by atoms with E-state index in [1.165, 1.54) is 19.2 Å². The molecule has 0 saturated heterocycles. The molecule has 1 aliphatic heterocycles. The summed E-state index contributed by atoms with van der Waals surface area (Å²) in [5, 5.41) is 14.2. The van der Waals surface area contributed by atoms with Crippen LogP contribution in [-0.4, -0.2) is 26.4 Å². The molecule has 7 nitrogen and oxygen atoms in total. The minimum atomic E-state index is -3.87. The lowest BCUT2D eigenvalue weighted by Gasteiger charge is -2.31. The first-order chi connectivity index (χ1) is 16.2. The Labute approximate surface area is 199 Å². The van der Waals surface area contributed by atoms with Crippen molar-refractivity contribution >= 4 is 27.2 Å². The lowest BCUT2D eigenvalue weighted by molar-refractivity contribution is 0.0939. The fourth-order valence-electron chi connectivity index (χ4n) is 4.07. The highest BCUT2D eigenvalue weighted by atomic mass is 32.2. The van der Waals surface area contributed by atoms with Crippen molar-refractivity contribution in [3.05, 3.63) is 83.4 Å². The van der Waals surface area contributed by atoms with Crippen LogP contribution in [0.15, 0.2) is 71.6 Å². The molecule has 34 heavy (non-hydrogen) atoms. The van der Waals surface area contributed by atoms with Gasteiger partial charge in [-0.3, -0.25) is 9.52 Å². The summed E-state index contributed by atoms with van der Waals surface area (Å²) < 4.78 is 33.6. The monoisotopic (exact) mass is 480 g/mol. The van der Waals surface area contributed by atoms with Gasteiger partial charge in [0.2, 0.25) is 0 Å². The normalized spacial score (nSPS) is 17.6. The van der Waals surface area contributed by atoms with Crippen LogP contribution in [0.1, 0.15) is 53.9 Å².